The highest BCUT2D eigenvalue weighted by Gasteiger charge is 2.26. The number of nitrogens with two attached hydrogens (primary N) is 1. The Morgan fingerprint density at radius 1 is 1.16 bits per heavy atom. The summed E-state index contributed by atoms with van der Waals surface area (Å²) in [6.07, 6.45) is 1.38. The first kappa shape index (κ1) is 12.2. The van der Waals surface area contributed by atoms with Crippen molar-refractivity contribution in [3.63, 3.8) is 0 Å². The Morgan fingerprint density at radius 2 is 1.95 bits per heavy atom. The van der Waals surface area contributed by atoms with E-state index >= 15 is 0 Å². The maximum Gasteiger partial charge on any atom is 0.224 e. The first-order valence-electron chi connectivity index (χ1n) is 6.74. The van der Waals surface area contributed by atoms with Crippen LogP contribution in [0.15, 0.2) is 42.5 Å². The monoisotopic (exact) mass is 254 g/mol. The normalized spacial score (nSPS) is 19.3. The van der Waals surface area contributed by atoms with Crippen molar-refractivity contribution in [2.75, 3.05) is 13.1 Å². The lowest BCUT2D eigenvalue weighted by molar-refractivity contribution is -0.127. The Balaban J connectivity index is 1.77. The second kappa shape index (κ2) is 5.02. The highest BCUT2D eigenvalue weighted by Crippen LogP contribution is 2.20. The molecule has 98 valence electrons. The fraction of sp³-hybridized carbons (Fsp3) is 0.312. The lowest BCUT2D eigenvalue weighted by Crippen LogP contribution is -2.30. The van der Waals surface area contributed by atoms with E-state index in [0.29, 0.717) is 13.0 Å². The van der Waals surface area contributed by atoms with E-state index in [9.17, 15) is 4.79 Å². The predicted molar refractivity (Wildman–Crippen MR) is 76.8 cm³/mol. The van der Waals surface area contributed by atoms with E-state index in [0.717, 1.165) is 13.0 Å². The molecule has 1 aliphatic rings. The number of fused-ring (bicyclic) bond motifs is 1. The molecule has 3 heteroatoms. The minimum absolute atomic E-state index is 0.0139. The van der Waals surface area contributed by atoms with Crippen molar-refractivity contribution >= 4 is 16.7 Å². The molecule has 2 N–H and O–H groups in total. The van der Waals surface area contributed by atoms with E-state index in [1.807, 2.05) is 4.90 Å². The number of amides is 1. The van der Waals surface area contributed by atoms with Crippen LogP contribution in [-0.2, 0) is 11.2 Å². The molecule has 1 amide bonds. The van der Waals surface area contributed by atoms with E-state index < -0.39 is 0 Å². The van der Waals surface area contributed by atoms with E-state index in [-0.39, 0.29) is 11.9 Å². The Bertz CT molecular complexity index is 603. The molecule has 1 aliphatic heterocycles. The summed E-state index contributed by atoms with van der Waals surface area (Å²) < 4.78 is 0. The lowest BCUT2D eigenvalue weighted by Gasteiger charge is -2.16. The van der Waals surface area contributed by atoms with E-state index in [1.54, 1.807) is 0 Å². The molecule has 3 nitrogen and oxygen atoms in total. The third-order valence-electron chi connectivity index (χ3n) is 3.78. The van der Waals surface area contributed by atoms with Gasteiger partial charge >= 0.3 is 0 Å². The maximum atomic E-state index is 11.7. The third kappa shape index (κ3) is 2.47. The van der Waals surface area contributed by atoms with Crippen molar-refractivity contribution in [1.82, 2.24) is 4.90 Å². The van der Waals surface area contributed by atoms with Gasteiger partial charge in [0.2, 0.25) is 5.91 Å². The molecule has 0 radical (unpaired) electrons. The number of rotatable bonds is 3. The first-order chi connectivity index (χ1) is 9.24. The zero-order valence-corrected chi connectivity index (χ0v) is 10.9. The molecule has 2 aromatic rings. The van der Waals surface area contributed by atoms with Gasteiger partial charge in [0, 0.05) is 25.6 Å². The van der Waals surface area contributed by atoms with Crippen molar-refractivity contribution in [2.45, 2.75) is 18.9 Å². The molecule has 0 aliphatic carbocycles. The molecule has 0 spiro atoms. The molecule has 3 rings (SSSR count). The number of likely N-dealkylation sites (tertiary alicyclic amines) is 1. The van der Waals surface area contributed by atoms with E-state index in [4.69, 9.17) is 5.73 Å². The molecule has 2 aromatic carbocycles. The van der Waals surface area contributed by atoms with Crippen molar-refractivity contribution in [2.24, 2.45) is 5.73 Å². The second-order valence-corrected chi connectivity index (χ2v) is 5.19. The molecule has 0 saturated carbocycles. The molecule has 0 bridgehead atoms. The summed E-state index contributed by atoms with van der Waals surface area (Å²) in [6, 6.07) is 14.7. The molecule has 1 fully saturated rings. The molecule has 1 unspecified atom stereocenters. The van der Waals surface area contributed by atoms with Crippen LogP contribution in [0.5, 0.6) is 0 Å². The van der Waals surface area contributed by atoms with Crippen LogP contribution < -0.4 is 5.73 Å². The fourth-order valence-corrected chi connectivity index (χ4v) is 2.78. The van der Waals surface area contributed by atoms with Gasteiger partial charge in [-0.3, -0.25) is 4.79 Å². The first-order valence-corrected chi connectivity index (χ1v) is 6.74. The van der Waals surface area contributed by atoms with Gasteiger partial charge in [-0.05, 0) is 22.8 Å². The Morgan fingerprint density at radius 3 is 2.74 bits per heavy atom. The van der Waals surface area contributed by atoms with Crippen molar-refractivity contribution in [1.29, 1.82) is 0 Å². The standard InChI is InChI=1S/C16H18N2O/c17-14-10-16(19)18(11-14)9-8-13-6-3-5-12-4-1-2-7-15(12)13/h1-7,14H,8-11,17H2. The van der Waals surface area contributed by atoms with Crippen LogP contribution >= 0.6 is 0 Å². The Kier molecular flexibility index (Phi) is 3.22. The van der Waals surface area contributed by atoms with Crippen LogP contribution in [0.2, 0.25) is 0 Å². The molecule has 0 aromatic heterocycles. The van der Waals surface area contributed by atoms with Crippen LogP contribution in [0.25, 0.3) is 10.8 Å². The van der Waals surface area contributed by atoms with E-state index in [1.165, 1.54) is 16.3 Å². The summed E-state index contributed by atoms with van der Waals surface area (Å²) in [4.78, 5) is 13.6. The Hall–Kier alpha value is -1.87. The molecule has 1 atom stereocenters. The summed E-state index contributed by atoms with van der Waals surface area (Å²) in [6.45, 7) is 1.46. The molecular weight excluding hydrogens is 236 g/mol. The minimum atomic E-state index is 0.0139. The van der Waals surface area contributed by atoms with Crippen LogP contribution in [0, 0.1) is 0 Å². The molecule has 19 heavy (non-hydrogen) atoms. The van der Waals surface area contributed by atoms with Crippen LogP contribution in [0.1, 0.15) is 12.0 Å². The number of hydrogen-bond donors (Lipinski definition) is 1. The molecular formula is C16H18N2O. The van der Waals surface area contributed by atoms with Gasteiger partial charge in [-0.2, -0.15) is 0 Å². The second-order valence-electron chi connectivity index (χ2n) is 5.19. The minimum Gasteiger partial charge on any atom is -0.341 e. The average Bonchev–Trinajstić information content (AvgIpc) is 2.74. The van der Waals surface area contributed by atoms with Gasteiger partial charge in [-0.15, -0.1) is 0 Å². The highest BCUT2D eigenvalue weighted by molar-refractivity contribution is 5.85. The maximum absolute atomic E-state index is 11.7. The number of nitrogens with zero attached hydrogens (tertiary/aromatic N) is 1. The van der Waals surface area contributed by atoms with Crippen LogP contribution in [0.4, 0.5) is 0 Å². The van der Waals surface area contributed by atoms with Gasteiger partial charge in [-0.25, -0.2) is 0 Å². The van der Waals surface area contributed by atoms with Crippen molar-refractivity contribution in [3.8, 4) is 0 Å². The Labute approximate surface area is 113 Å². The summed E-state index contributed by atoms with van der Waals surface area (Å²) in [5.41, 5.74) is 7.11. The van der Waals surface area contributed by atoms with E-state index in [2.05, 4.69) is 42.5 Å². The number of carbonyl (C=O) groups excluding carboxylic acids is 1. The fourth-order valence-electron chi connectivity index (χ4n) is 2.78. The van der Waals surface area contributed by atoms with Gasteiger partial charge in [0.15, 0.2) is 0 Å². The molecule has 1 heterocycles. The highest BCUT2D eigenvalue weighted by atomic mass is 16.2. The van der Waals surface area contributed by atoms with Crippen LogP contribution in [-0.4, -0.2) is 29.9 Å². The summed E-state index contributed by atoms with van der Waals surface area (Å²) in [5, 5.41) is 2.53. The topological polar surface area (TPSA) is 46.3 Å². The lowest BCUT2D eigenvalue weighted by atomic mass is 10.0. The largest absolute Gasteiger partial charge is 0.341 e. The van der Waals surface area contributed by atoms with Gasteiger partial charge in [0.25, 0.3) is 0 Å². The van der Waals surface area contributed by atoms with Gasteiger partial charge in [0.1, 0.15) is 0 Å². The predicted octanol–water partition coefficient (Wildman–Crippen LogP) is 1.94. The third-order valence-corrected chi connectivity index (χ3v) is 3.78. The SMILES string of the molecule is NC1CC(=O)N(CCc2cccc3ccccc23)C1. The average molecular weight is 254 g/mol. The summed E-state index contributed by atoms with van der Waals surface area (Å²) in [5.74, 6) is 0.188. The van der Waals surface area contributed by atoms with Gasteiger partial charge in [-0.1, -0.05) is 42.5 Å². The summed E-state index contributed by atoms with van der Waals surface area (Å²) >= 11 is 0. The van der Waals surface area contributed by atoms with Crippen molar-refractivity contribution in [3.05, 3.63) is 48.0 Å². The smallest absolute Gasteiger partial charge is 0.224 e. The quantitative estimate of drug-likeness (QED) is 0.910. The number of hydrogen-bond acceptors (Lipinski definition) is 2. The number of benzene rings is 2. The van der Waals surface area contributed by atoms with Gasteiger partial charge < -0.3 is 10.6 Å². The van der Waals surface area contributed by atoms with Crippen molar-refractivity contribution < 1.29 is 4.79 Å². The number of carbonyl (C=O) groups is 1. The summed E-state index contributed by atoms with van der Waals surface area (Å²) in [7, 11) is 0. The van der Waals surface area contributed by atoms with Gasteiger partial charge in [0.05, 0.1) is 0 Å². The molecule has 1 saturated heterocycles. The zero-order valence-electron chi connectivity index (χ0n) is 10.9. The van der Waals surface area contributed by atoms with Crippen LogP contribution in [0.3, 0.4) is 0 Å². The zero-order chi connectivity index (χ0) is 13.2.